The Morgan fingerprint density at radius 2 is 1.73 bits per heavy atom. The number of H-pyrrole nitrogens is 1. The first-order chi connectivity index (χ1) is 10.7. The number of carbonyl (C=O) groups excluding carboxylic acids is 1. The van der Waals surface area contributed by atoms with Gasteiger partial charge in [0.1, 0.15) is 11.5 Å². The van der Waals surface area contributed by atoms with Crippen LogP contribution in [0.4, 0.5) is 0 Å². The normalized spacial score (nSPS) is 10.7. The second kappa shape index (κ2) is 5.56. The smallest absolute Gasteiger partial charge is 0.195 e. The van der Waals surface area contributed by atoms with Gasteiger partial charge in [0, 0.05) is 16.6 Å². The van der Waals surface area contributed by atoms with Crippen LogP contribution in [0.25, 0.3) is 10.9 Å². The molecule has 1 N–H and O–H groups in total. The lowest BCUT2D eigenvalue weighted by Gasteiger charge is -2.04. The Balaban J connectivity index is 2.12. The maximum Gasteiger partial charge on any atom is 0.195 e. The van der Waals surface area contributed by atoms with Gasteiger partial charge in [0.2, 0.25) is 0 Å². The standard InChI is InChI=1S/C18H17NO3/c1-11-16(14-5-4-6-15(22-3)17(14)19-11)18(20)12-7-9-13(21-2)10-8-12/h4-10,19H,1-3H3. The summed E-state index contributed by atoms with van der Waals surface area (Å²) in [5.41, 5.74) is 2.99. The van der Waals surface area contributed by atoms with Crippen molar-refractivity contribution in [1.29, 1.82) is 0 Å². The predicted octanol–water partition coefficient (Wildman–Crippen LogP) is 3.72. The molecule has 22 heavy (non-hydrogen) atoms. The molecule has 4 nitrogen and oxygen atoms in total. The van der Waals surface area contributed by atoms with E-state index in [0.717, 1.165) is 28.1 Å². The number of aryl methyl sites for hydroxylation is 1. The maximum absolute atomic E-state index is 12.8. The SMILES string of the molecule is COc1ccc(C(=O)c2c(C)[nH]c3c(OC)cccc23)cc1. The van der Waals surface area contributed by atoms with Gasteiger partial charge in [-0.2, -0.15) is 0 Å². The molecular formula is C18H17NO3. The van der Waals surface area contributed by atoms with Crippen molar-refractivity contribution in [1.82, 2.24) is 4.98 Å². The zero-order chi connectivity index (χ0) is 15.7. The highest BCUT2D eigenvalue weighted by molar-refractivity contribution is 6.18. The Morgan fingerprint density at radius 1 is 1.00 bits per heavy atom. The molecule has 0 aliphatic heterocycles. The second-order valence-corrected chi connectivity index (χ2v) is 5.07. The zero-order valence-electron chi connectivity index (χ0n) is 12.8. The molecule has 0 aliphatic rings. The van der Waals surface area contributed by atoms with E-state index in [9.17, 15) is 4.79 Å². The number of methoxy groups -OCH3 is 2. The highest BCUT2D eigenvalue weighted by atomic mass is 16.5. The number of ether oxygens (including phenoxy) is 2. The Hall–Kier alpha value is -2.75. The fraction of sp³-hybridized carbons (Fsp3) is 0.167. The van der Waals surface area contributed by atoms with Gasteiger partial charge in [-0.1, -0.05) is 12.1 Å². The Kier molecular flexibility index (Phi) is 3.59. The van der Waals surface area contributed by atoms with Crippen LogP contribution >= 0.6 is 0 Å². The molecule has 0 atom stereocenters. The lowest BCUT2D eigenvalue weighted by Crippen LogP contribution is -2.02. The third-order valence-electron chi connectivity index (χ3n) is 3.78. The van der Waals surface area contributed by atoms with Crippen molar-refractivity contribution in [3.05, 3.63) is 59.3 Å². The third-order valence-corrected chi connectivity index (χ3v) is 3.78. The van der Waals surface area contributed by atoms with Crippen molar-refractivity contribution in [3.63, 3.8) is 0 Å². The molecular weight excluding hydrogens is 278 g/mol. The van der Waals surface area contributed by atoms with Crippen molar-refractivity contribution in [2.75, 3.05) is 14.2 Å². The van der Waals surface area contributed by atoms with Crippen LogP contribution in [0.5, 0.6) is 11.5 Å². The summed E-state index contributed by atoms with van der Waals surface area (Å²) in [5.74, 6) is 1.45. The summed E-state index contributed by atoms with van der Waals surface area (Å²) in [6.07, 6.45) is 0. The van der Waals surface area contributed by atoms with Crippen LogP contribution in [0.2, 0.25) is 0 Å². The van der Waals surface area contributed by atoms with Gasteiger partial charge < -0.3 is 14.5 Å². The molecule has 0 saturated heterocycles. The Bertz CT molecular complexity index is 831. The van der Waals surface area contributed by atoms with Crippen LogP contribution in [0, 0.1) is 6.92 Å². The van der Waals surface area contributed by atoms with Gasteiger partial charge in [0.15, 0.2) is 5.78 Å². The monoisotopic (exact) mass is 295 g/mol. The summed E-state index contributed by atoms with van der Waals surface area (Å²) < 4.78 is 10.5. The number of nitrogens with one attached hydrogen (secondary N) is 1. The van der Waals surface area contributed by atoms with Crippen LogP contribution in [0.3, 0.4) is 0 Å². The van der Waals surface area contributed by atoms with E-state index in [1.165, 1.54) is 0 Å². The largest absolute Gasteiger partial charge is 0.497 e. The summed E-state index contributed by atoms with van der Waals surface area (Å²) in [7, 11) is 3.23. The molecule has 1 heterocycles. The fourth-order valence-corrected chi connectivity index (χ4v) is 2.67. The van der Waals surface area contributed by atoms with Crippen LogP contribution in [-0.4, -0.2) is 25.0 Å². The number of ketones is 1. The number of rotatable bonds is 4. The van der Waals surface area contributed by atoms with Gasteiger partial charge in [0.25, 0.3) is 0 Å². The molecule has 0 radical (unpaired) electrons. The molecule has 2 aromatic carbocycles. The van der Waals surface area contributed by atoms with E-state index in [2.05, 4.69) is 4.98 Å². The predicted molar refractivity (Wildman–Crippen MR) is 86.0 cm³/mol. The summed E-state index contributed by atoms with van der Waals surface area (Å²) in [5, 5.41) is 0.873. The number of carbonyl (C=O) groups is 1. The quantitative estimate of drug-likeness (QED) is 0.746. The molecule has 0 fully saturated rings. The highest BCUT2D eigenvalue weighted by Gasteiger charge is 2.19. The van der Waals surface area contributed by atoms with Gasteiger partial charge in [0.05, 0.1) is 25.3 Å². The number of hydrogen-bond acceptors (Lipinski definition) is 3. The topological polar surface area (TPSA) is 51.3 Å². The summed E-state index contributed by atoms with van der Waals surface area (Å²) in [6.45, 7) is 1.90. The maximum atomic E-state index is 12.8. The number of hydrogen-bond donors (Lipinski definition) is 1. The number of para-hydroxylation sites is 1. The Labute approximate surface area is 128 Å². The van der Waals surface area contributed by atoms with E-state index >= 15 is 0 Å². The molecule has 4 heteroatoms. The number of aromatic amines is 1. The van der Waals surface area contributed by atoms with E-state index in [1.807, 2.05) is 25.1 Å². The molecule has 0 saturated carbocycles. The van der Waals surface area contributed by atoms with Crippen molar-refractivity contribution >= 4 is 16.7 Å². The molecule has 112 valence electrons. The molecule has 0 spiro atoms. The summed E-state index contributed by atoms with van der Waals surface area (Å²) in [6, 6.07) is 12.8. The average Bonchev–Trinajstić information content (AvgIpc) is 2.90. The summed E-state index contributed by atoms with van der Waals surface area (Å²) >= 11 is 0. The van der Waals surface area contributed by atoms with Gasteiger partial charge in [-0.15, -0.1) is 0 Å². The Morgan fingerprint density at radius 3 is 2.36 bits per heavy atom. The number of aromatic nitrogens is 1. The minimum Gasteiger partial charge on any atom is -0.497 e. The fourth-order valence-electron chi connectivity index (χ4n) is 2.67. The van der Waals surface area contributed by atoms with Crippen molar-refractivity contribution in [2.24, 2.45) is 0 Å². The minimum atomic E-state index is -0.0142. The lowest BCUT2D eigenvalue weighted by atomic mass is 10.0. The van der Waals surface area contributed by atoms with E-state index in [4.69, 9.17) is 9.47 Å². The molecule has 0 aliphatic carbocycles. The molecule has 3 rings (SSSR count). The molecule has 3 aromatic rings. The van der Waals surface area contributed by atoms with Gasteiger partial charge in [-0.3, -0.25) is 4.79 Å². The van der Waals surface area contributed by atoms with Crippen LogP contribution in [0.1, 0.15) is 21.6 Å². The van der Waals surface area contributed by atoms with Gasteiger partial charge in [-0.05, 0) is 37.3 Å². The second-order valence-electron chi connectivity index (χ2n) is 5.07. The molecule has 0 unspecified atom stereocenters. The van der Waals surface area contributed by atoms with Crippen LogP contribution in [0.15, 0.2) is 42.5 Å². The number of fused-ring (bicyclic) bond motifs is 1. The van der Waals surface area contributed by atoms with E-state index < -0.39 is 0 Å². The lowest BCUT2D eigenvalue weighted by molar-refractivity contribution is 0.103. The van der Waals surface area contributed by atoms with E-state index in [-0.39, 0.29) is 5.78 Å². The van der Waals surface area contributed by atoms with Gasteiger partial charge >= 0.3 is 0 Å². The third kappa shape index (κ3) is 2.22. The van der Waals surface area contributed by atoms with Crippen LogP contribution < -0.4 is 9.47 Å². The first-order valence-corrected chi connectivity index (χ1v) is 6.99. The zero-order valence-corrected chi connectivity index (χ0v) is 12.8. The van der Waals surface area contributed by atoms with Crippen LogP contribution in [-0.2, 0) is 0 Å². The van der Waals surface area contributed by atoms with Crippen molar-refractivity contribution in [2.45, 2.75) is 6.92 Å². The van der Waals surface area contributed by atoms with Crippen molar-refractivity contribution < 1.29 is 14.3 Å². The first-order valence-electron chi connectivity index (χ1n) is 6.99. The average molecular weight is 295 g/mol. The first kappa shape index (κ1) is 14.2. The molecule has 1 aromatic heterocycles. The van der Waals surface area contributed by atoms with E-state index in [0.29, 0.717) is 11.1 Å². The highest BCUT2D eigenvalue weighted by Crippen LogP contribution is 2.31. The molecule has 0 amide bonds. The molecule has 0 bridgehead atoms. The van der Waals surface area contributed by atoms with E-state index in [1.54, 1.807) is 38.5 Å². The van der Waals surface area contributed by atoms with Crippen molar-refractivity contribution in [3.8, 4) is 11.5 Å². The van der Waals surface area contributed by atoms with Gasteiger partial charge in [-0.25, -0.2) is 0 Å². The summed E-state index contributed by atoms with van der Waals surface area (Å²) in [4.78, 5) is 16.1. The number of benzene rings is 2. The minimum absolute atomic E-state index is 0.0142.